The first-order valence-corrected chi connectivity index (χ1v) is 6.76. The largest absolute Gasteiger partial charge is 0.464 e. The van der Waals surface area contributed by atoms with E-state index < -0.39 is 0 Å². The molecule has 0 bridgehead atoms. The highest BCUT2D eigenvalue weighted by Crippen LogP contribution is 2.16. The van der Waals surface area contributed by atoms with Crippen LogP contribution in [0, 0.1) is 0 Å². The number of nitrogens with zero attached hydrogens (tertiary/aromatic N) is 2. The normalized spacial score (nSPS) is 12.2. The van der Waals surface area contributed by atoms with Gasteiger partial charge in [-0.15, -0.1) is 0 Å². The van der Waals surface area contributed by atoms with Crippen molar-refractivity contribution in [1.82, 2.24) is 15.0 Å². The van der Waals surface area contributed by atoms with Crippen LogP contribution in [-0.2, 0) is 0 Å². The molecule has 2 aromatic heterocycles. The third-order valence-corrected chi connectivity index (χ3v) is 3.33. The van der Waals surface area contributed by atoms with Crippen molar-refractivity contribution >= 4 is 10.9 Å². The van der Waals surface area contributed by atoms with Crippen LogP contribution in [0.4, 0.5) is 0 Å². The molecule has 0 spiro atoms. The van der Waals surface area contributed by atoms with Crippen molar-refractivity contribution in [3.05, 3.63) is 64.7 Å². The summed E-state index contributed by atoms with van der Waals surface area (Å²) in [5, 5.41) is 0.508. The van der Waals surface area contributed by atoms with Gasteiger partial charge in [0.2, 0.25) is 0 Å². The van der Waals surface area contributed by atoms with Gasteiger partial charge in [-0.3, -0.25) is 14.8 Å². The number of H-pyrrole nitrogens is 1. The summed E-state index contributed by atoms with van der Waals surface area (Å²) in [6, 6.07) is 11.9. The quantitative estimate of drug-likeness (QED) is 0.797. The number of aromatic amines is 1. The van der Waals surface area contributed by atoms with E-state index in [1.807, 2.05) is 18.2 Å². The van der Waals surface area contributed by atoms with Crippen LogP contribution in [0.1, 0.15) is 18.4 Å². The van der Waals surface area contributed by atoms with Crippen molar-refractivity contribution in [3.63, 3.8) is 0 Å². The zero-order chi connectivity index (χ0) is 14.7. The third kappa shape index (κ3) is 2.91. The zero-order valence-electron chi connectivity index (χ0n) is 11.6. The molecule has 2 heterocycles. The first kappa shape index (κ1) is 13.3. The van der Waals surface area contributed by atoms with E-state index in [0.717, 1.165) is 0 Å². The Balaban J connectivity index is 1.78. The van der Waals surface area contributed by atoms with Gasteiger partial charge in [0, 0.05) is 12.1 Å². The number of hydrogen-bond donors (Lipinski definition) is 1. The van der Waals surface area contributed by atoms with Crippen LogP contribution in [0.15, 0.2) is 53.6 Å². The van der Waals surface area contributed by atoms with Gasteiger partial charge in [-0.05, 0) is 11.6 Å². The molecule has 0 radical (unpaired) electrons. The molecule has 1 unspecified atom stereocenters. The standard InChI is InChI=1S/C16H15N3O2/c1-11(12-5-3-2-4-6-12)10-21-16-18-14-9-17-8-7-13(14)15(20)19-16/h2-9,11H,10H2,1H3,(H,18,19,20). The van der Waals surface area contributed by atoms with Crippen molar-refractivity contribution in [2.45, 2.75) is 12.8 Å². The van der Waals surface area contributed by atoms with Crippen LogP contribution < -0.4 is 10.3 Å². The number of aromatic nitrogens is 3. The molecule has 0 fully saturated rings. The van der Waals surface area contributed by atoms with Crippen LogP contribution in [0.3, 0.4) is 0 Å². The summed E-state index contributed by atoms with van der Waals surface area (Å²) in [5.74, 6) is 0.209. The summed E-state index contributed by atoms with van der Waals surface area (Å²) in [7, 11) is 0. The number of benzene rings is 1. The Labute approximate surface area is 121 Å². The predicted octanol–water partition coefficient (Wildman–Crippen LogP) is 2.50. The number of nitrogens with one attached hydrogen (secondary N) is 1. The molecule has 0 aliphatic carbocycles. The fourth-order valence-electron chi connectivity index (χ4n) is 2.12. The van der Waals surface area contributed by atoms with Gasteiger partial charge >= 0.3 is 0 Å². The number of ether oxygens (including phenoxy) is 1. The minimum absolute atomic E-state index is 0.209. The Kier molecular flexibility index (Phi) is 3.64. The van der Waals surface area contributed by atoms with Crippen molar-refractivity contribution in [3.8, 4) is 6.01 Å². The SMILES string of the molecule is CC(COc1nc2cnccc2c(=O)[nH]1)c1ccccc1. The fourth-order valence-corrected chi connectivity index (χ4v) is 2.12. The van der Waals surface area contributed by atoms with Crippen molar-refractivity contribution in [1.29, 1.82) is 0 Å². The lowest BCUT2D eigenvalue weighted by atomic mass is 10.0. The van der Waals surface area contributed by atoms with Gasteiger partial charge in [-0.25, -0.2) is 0 Å². The molecule has 5 heteroatoms. The maximum atomic E-state index is 11.9. The molecule has 0 aliphatic heterocycles. The molecule has 1 atom stereocenters. The zero-order valence-corrected chi connectivity index (χ0v) is 11.6. The van der Waals surface area contributed by atoms with E-state index in [1.165, 1.54) is 5.56 Å². The van der Waals surface area contributed by atoms with E-state index in [2.05, 4.69) is 34.0 Å². The summed E-state index contributed by atoms with van der Waals surface area (Å²) in [4.78, 5) is 22.8. The number of pyridine rings is 1. The summed E-state index contributed by atoms with van der Waals surface area (Å²) in [6.45, 7) is 2.51. The lowest BCUT2D eigenvalue weighted by molar-refractivity contribution is 0.273. The lowest BCUT2D eigenvalue weighted by Gasteiger charge is -2.12. The molecule has 3 rings (SSSR count). The van der Waals surface area contributed by atoms with Gasteiger partial charge in [0.05, 0.1) is 23.7 Å². The first-order valence-electron chi connectivity index (χ1n) is 6.76. The molecule has 0 aliphatic rings. The van der Waals surface area contributed by atoms with Gasteiger partial charge in [-0.2, -0.15) is 4.98 Å². The molecular formula is C16H15N3O2. The van der Waals surface area contributed by atoms with Crippen LogP contribution in [-0.4, -0.2) is 21.6 Å². The summed E-state index contributed by atoms with van der Waals surface area (Å²) in [5.41, 5.74) is 1.50. The van der Waals surface area contributed by atoms with Gasteiger partial charge in [0.15, 0.2) is 0 Å². The Bertz CT molecular complexity index is 799. The van der Waals surface area contributed by atoms with Crippen molar-refractivity contribution in [2.75, 3.05) is 6.61 Å². The Morgan fingerprint density at radius 2 is 2.05 bits per heavy atom. The molecule has 0 amide bonds. The molecule has 1 aromatic carbocycles. The highest BCUT2D eigenvalue weighted by atomic mass is 16.5. The van der Waals surface area contributed by atoms with E-state index in [-0.39, 0.29) is 17.5 Å². The summed E-state index contributed by atoms with van der Waals surface area (Å²) < 4.78 is 5.62. The second-order valence-electron chi connectivity index (χ2n) is 4.89. The molecule has 106 valence electrons. The average Bonchev–Trinajstić information content (AvgIpc) is 2.53. The summed E-state index contributed by atoms with van der Waals surface area (Å²) in [6.07, 6.45) is 3.12. The van der Waals surface area contributed by atoms with E-state index in [9.17, 15) is 4.79 Å². The monoisotopic (exact) mass is 281 g/mol. The van der Waals surface area contributed by atoms with Crippen molar-refractivity contribution < 1.29 is 4.74 Å². The highest BCUT2D eigenvalue weighted by Gasteiger charge is 2.08. The predicted molar refractivity (Wildman–Crippen MR) is 80.5 cm³/mol. The molecular weight excluding hydrogens is 266 g/mol. The first-order chi connectivity index (χ1) is 10.2. The van der Waals surface area contributed by atoms with Gasteiger partial charge < -0.3 is 4.74 Å². The topological polar surface area (TPSA) is 67.9 Å². The molecule has 5 nitrogen and oxygen atoms in total. The Morgan fingerprint density at radius 3 is 2.86 bits per heavy atom. The maximum absolute atomic E-state index is 11.9. The van der Waals surface area contributed by atoms with Gasteiger partial charge in [0.25, 0.3) is 11.6 Å². The van der Waals surface area contributed by atoms with Crippen LogP contribution in [0.25, 0.3) is 10.9 Å². The number of hydrogen-bond acceptors (Lipinski definition) is 4. The molecule has 0 saturated carbocycles. The Morgan fingerprint density at radius 1 is 1.24 bits per heavy atom. The lowest BCUT2D eigenvalue weighted by Crippen LogP contribution is -2.14. The van der Waals surface area contributed by atoms with Gasteiger partial charge in [-0.1, -0.05) is 37.3 Å². The van der Waals surface area contributed by atoms with Crippen molar-refractivity contribution in [2.24, 2.45) is 0 Å². The van der Waals surface area contributed by atoms with E-state index >= 15 is 0 Å². The number of rotatable bonds is 4. The fraction of sp³-hybridized carbons (Fsp3) is 0.188. The molecule has 1 N–H and O–H groups in total. The second-order valence-corrected chi connectivity index (χ2v) is 4.89. The van der Waals surface area contributed by atoms with Crippen LogP contribution in [0.5, 0.6) is 6.01 Å². The third-order valence-electron chi connectivity index (χ3n) is 3.33. The molecule has 3 aromatic rings. The minimum Gasteiger partial charge on any atom is -0.464 e. The maximum Gasteiger partial charge on any atom is 0.297 e. The minimum atomic E-state index is -0.218. The number of fused-ring (bicyclic) bond motifs is 1. The average molecular weight is 281 g/mol. The Hall–Kier alpha value is -2.69. The smallest absolute Gasteiger partial charge is 0.297 e. The summed E-state index contributed by atoms with van der Waals surface area (Å²) >= 11 is 0. The van der Waals surface area contributed by atoms with Gasteiger partial charge in [0.1, 0.15) is 0 Å². The van der Waals surface area contributed by atoms with E-state index in [0.29, 0.717) is 17.5 Å². The highest BCUT2D eigenvalue weighted by molar-refractivity contribution is 5.76. The molecule has 21 heavy (non-hydrogen) atoms. The van der Waals surface area contributed by atoms with E-state index in [4.69, 9.17) is 4.74 Å². The van der Waals surface area contributed by atoms with Crippen LogP contribution in [0.2, 0.25) is 0 Å². The second kappa shape index (κ2) is 5.75. The molecule has 0 saturated heterocycles. The van der Waals surface area contributed by atoms with E-state index in [1.54, 1.807) is 18.5 Å². The van der Waals surface area contributed by atoms with Crippen LogP contribution >= 0.6 is 0 Å².